The van der Waals surface area contributed by atoms with Gasteiger partial charge in [0.05, 0.1) is 27.4 Å². The quantitative estimate of drug-likeness (QED) is 0.570. The van der Waals surface area contributed by atoms with Crippen molar-refractivity contribution in [1.82, 2.24) is 19.7 Å². The summed E-state index contributed by atoms with van der Waals surface area (Å²) in [5.41, 5.74) is 10.3. The summed E-state index contributed by atoms with van der Waals surface area (Å²) >= 11 is 7.96. The number of benzene rings is 1. The maximum atomic E-state index is 6.35. The number of rotatable bonds is 4. The Hall–Kier alpha value is -1.66. The predicted octanol–water partition coefficient (Wildman–Crippen LogP) is 3.39. The Morgan fingerprint density at radius 3 is 2.95 bits per heavy atom. The molecule has 3 N–H and O–H groups in total. The van der Waals surface area contributed by atoms with Gasteiger partial charge >= 0.3 is 0 Å². The van der Waals surface area contributed by atoms with Crippen LogP contribution in [0.3, 0.4) is 0 Å². The molecule has 21 heavy (non-hydrogen) atoms. The number of nitrogens with one attached hydrogen (secondary N) is 1. The summed E-state index contributed by atoms with van der Waals surface area (Å²) < 4.78 is 1.84. The summed E-state index contributed by atoms with van der Waals surface area (Å²) in [6.45, 7) is 2.05. The molecule has 3 rings (SSSR count). The van der Waals surface area contributed by atoms with Crippen molar-refractivity contribution in [2.24, 2.45) is 7.05 Å². The van der Waals surface area contributed by atoms with Crippen LogP contribution in [0.5, 0.6) is 0 Å². The van der Waals surface area contributed by atoms with Gasteiger partial charge in [0.25, 0.3) is 0 Å². The van der Waals surface area contributed by atoms with E-state index in [1.807, 2.05) is 29.9 Å². The maximum Gasteiger partial charge on any atom is 0.166 e. The molecule has 0 spiro atoms. The zero-order chi connectivity index (χ0) is 15.0. The Labute approximate surface area is 131 Å². The molecule has 7 heteroatoms. The predicted molar refractivity (Wildman–Crippen MR) is 87.7 cm³/mol. The Kier molecular flexibility index (Phi) is 3.82. The fourth-order valence-corrected chi connectivity index (χ4v) is 3.57. The van der Waals surface area contributed by atoms with E-state index >= 15 is 0 Å². The normalized spacial score (nSPS) is 11.4. The van der Waals surface area contributed by atoms with Gasteiger partial charge in [-0.15, -0.1) is 0 Å². The van der Waals surface area contributed by atoms with Gasteiger partial charge in [0.15, 0.2) is 5.16 Å². The number of aryl methyl sites for hydroxylation is 2. The second kappa shape index (κ2) is 5.61. The zero-order valence-corrected chi connectivity index (χ0v) is 13.4. The number of halogens is 1. The number of hydrogen-bond acceptors (Lipinski definition) is 4. The van der Waals surface area contributed by atoms with Crippen molar-refractivity contribution in [2.45, 2.75) is 24.3 Å². The summed E-state index contributed by atoms with van der Waals surface area (Å²) in [6, 6.07) is 5.65. The number of hydrogen-bond donors (Lipinski definition) is 2. The first-order valence-electron chi connectivity index (χ1n) is 6.66. The summed E-state index contributed by atoms with van der Waals surface area (Å²) in [6.07, 6.45) is 0.835. The van der Waals surface area contributed by atoms with Gasteiger partial charge in [-0.25, -0.2) is 4.98 Å². The Morgan fingerprint density at radius 1 is 1.43 bits per heavy atom. The van der Waals surface area contributed by atoms with Crippen molar-refractivity contribution < 1.29 is 0 Å². The lowest BCUT2D eigenvalue weighted by atomic mass is 10.3. The van der Waals surface area contributed by atoms with Gasteiger partial charge in [-0.2, -0.15) is 5.10 Å². The van der Waals surface area contributed by atoms with Crippen molar-refractivity contribution in [1.29, 1.82) is 0 Å². The monoisotopic (exact) mass is 321 g/mol. The number of nitrogens with two attached hydrogens (primary N) is 1. The molecule has 0 fully saturated rings. The third kappa shape index (κ3) is 2.73. The van der Waals surface area contributed by atoms with Gasteiger partial charge in [-0.1, -0.05) is 30.3 Å². The number of imidazole rings is 1. The molecule has 0 bridgehead atoms. The average Bonchev–Trinajstić information content (AvgIpc) is 2.97. The topological polar surface area (TPSA) is 72.5 Å². The Balaban J connectivity index is 1.81. The van der Waals surface area contributed by atoms with E-state index < -0.39 is 0 Å². The number of anilines is 1. The summed E-state index contributed by atoms with van der Waals surface area (Å²) in [4.78, 5) is 7.80. The van der Waals surface area contributed by atoms with E-state index in [0.29, 0.717) is 0 Å². The molecule has 0 aliphatic heterocycles. The Morgan fingerprint density at radius 2 is 2.24 bits per heavy atom. The molecule has 2 heterocycles. The minimum absolute atomic E-state index is 0.720. The minimum Gasteiger partial charge on any atom is -0.399 e. The largest absolute Gasteiger partial charge is 0.399 e. The van der Waals surface area contributed by atoms with E-state index in [9.17, 15) is 0 Å². The molecule has 2 aromatic heterocycles. The molecule has 110 valence electrons. The number of aromatic amines is 1. The van der Waals surface area contributed by atoms with E-state index in [0.717, 1.165) is 50.5 Å². The van der Waals surface area contributed by atoms with Gasteiger partial charge in [0, 0.05) is 18.5 Å². The van der Waals surface area contributed by atoms with E-state index in [4.69, 9.17) is 17.3 Å². The molecule has 0 atom stereocenters. The van der Waals surface area contributed by atoms with Crippen molar-refractivity contribution >= 4 is 40.1 Å². The van der Waals surface area contributed by atoms with E-state index in [2.05, 4.69) is 22.0 Å². The zero-order valence-electron chi connectivity index (χ0n) is 11.9. The van der Waals surface area contributed by atoms with Crippen molar-refractivity contribution in [3.05, 3.63) is 34.6 Å². The molecule has 5 nitrogen and oxygen atoms in total. The highest BCUT2D eigenvalue weighted by Crippen LogP contribution is 2.28. The second-order valence-electron chi connectivity index (χ2n) is 4.79. The first-order chi connectivity index (χ1) is 10.1. The molecular weight excluding hydrogens is 306 g/mol. The van der Waals surface area contributed by atoms with Crippen LogP contribution in [0.4, 0.5) is 5.69 Å². The number of H-pyrrole nitrogens is 1. The molecule has 0 saturated heterocycles. The fraction of sp³-hybridized carbons (Fsp3) is 0.286. The van der Waals surface area contributed by atoms with Gasteiger partial charge in [-0.05, 0) is 24.6 Å². The Bertz CT molecular complexity index is 792. The minimum atomic E-state index is 0.720. The summed E-state index contributed by atoms with van der Waals surface area (Å²) in [5.74, 6) is 0.720. The van der Waals surface area contributed by atoms with Crippen LogP contribution in [0, 0.1) is 0 Å². The van der Waals surface area contributed by atoms with Crippen LogP contribution >= 0.6 is 23.4 Å². The van der Waals surface area contributed by atoms with Crippen LogP contribution in [0.25, 0.3) is 11.0 Å². The van der Waals surface area contributed by atoms with Crippen LogP contribution < -0.4 is 5.73 Å². The average molecular weight is 322 g/mol. The van der Waals surface area contributed by atoms with Crippen LogP contribution in [0.15, 0.2) is 23.4 Å². The fourth-order valence-electron chi connectivity index (χ4n) is 2.19. The molecule has 0 aliphatic carbocycles. The van der Waals surface area contributed by atoms with Gasteiger partial charge in [0.1, 0.15) is 0 Å². The van der Waals surface area contributed by atoms with E-state index in [1.165, 1.54) is 0 Å². The molecule has 3 aromatic rings. The molecule has 0 saturated carbocycles. The van der Waals surface area contributed by atoms with Crippen LogP contribution in [-0.4, -0.2) is 19.7 Å². The standard InChI is InChI=1S/C14H16ClN5S/c1-3-9-13(15)12(20(2)19-9)7-21-14-17-10-5-4-8(16)6-11(10)18-14/h4-6H,3,7,16H2,1-2H3,(H,17,18). The molecular formula is C14H16ClN5S. The number of aromatic nitrogens is 4. The van der Waals surface area contributed by atoms with E-state index in [-0.39, 0.29) is 0 Å². The number of fused-ring (bicyclic) bond motifs is 1. The van der Waals surface area contributed by atoms with Crippen molar-refractivity contribution in [3.8, 4) is 0 Å². The lowest BCUT2D eigenvalue weighted by Gasteiger charge is -2.00. The molecule has 0 amide bonds. The third-order valence-corrected chi connectivity index (χ3v) is 4.65. The van der Waals surface area contributed by atoms with E-state index in [1.54, 1.807) is 11.8 Å². The SMILES string of the molecule is CCc1nn(C)c(CSc2nc3ccc(N)cc3[nH]2)c1Cl. The van der Waals surface area contributed by atoms with Crippen molar-refractivity contribution in [3.63, 3.8) is 0 Å². The number of nitrogen functional groups attached to an aromatic ring is 1. The first-order valence-corrected chi connectivity index (χ1v) is 8.03. The highest BCUT2D eigenvalue weighted by molar-refractivity contribution is 7.98. The first kappa shape index (κ1) is 14.3. The van der Waals surface area contributed by atoms with Crippen LogP contribution in [0.2, 0.25) is 5.02 Å². The smallest absolute Gasteiger partial charge is 0.166 e. The highest BCUT2D eigenvalue weighted by atomic mass is 35.5. The number of thioether (sulfide) groups is 1. The second-order valence-corrected chi connectivity index (χ2v) is 6.13. The molecule has 0 unspecified atom stereocenters. The van der Waals surface area contributed by atoms with Crippen molar-refractivity contribution in [2.75, 3.05) is 5.73 Å². The molecule has 0 aliphatic rings. The van der Waals surface area contributed by atoms with Gasteiger partial charge in [0.2, 0.25) is 0 Å². The third-order valence-electron chi connectivity index (χ3n) is 3.33. The summed E-state index contributed by atoms with van der Waals surface area (Å²) in [5, 5.41) is 6.03. The lowest BCUT2D eigenvalue weighted by molar-refractivity contribution is 0.719. The van der Waals surface area contributed by atoms with Gasteiger partial charge < -0.3 is 10.7 Å². The molecule has 1 aromatic carbocycles. The lowest BCUT2D eigenvalue weighted by Crippen LogP contribution is -1.97. The molecule has 0 radical (unpaired) electrons. The number of nitrogens with zero attached hydrogens (tertiary/aromatic N) is 3. The van der Waals surface area contributed by atoms with Crippen LogP contribution in [-0.2, 0) is 19.2 Å². The van der Waals surface area contributed by atoms with Crippen LogP contribution in [0.1, 0.15) is 18.3 Å². The highest BCUT2D eigenvalue weighted by Gasteiger charge is 2.14. The summed E-state index contributed by atoms with van der Waals surface area (Å²) in [7, 11) is 1.92. The van der Waals surface area contributed by atoms with Gasteiger partial charge in [-0.3, -0.25) is 4.68 Å². The maximum absolute atomic E-state index is 6.35.